The van der Waals surface area contributed by atoms with Gasteiger partial charge in [0.1, 0.15) is 6.04 Å². The van der Waals surface area contributed by atoms with Crippen molar-refractivity contribution in [2.24, 2.45) is 4.99 Å². The highest BCUT2D eigenvalue weighted by atomic mass is 32.2. The smallest absolute Gasteiger partial charge is 0.160 e. The minimum atomic E-state index is 0.0143. The van der Waals surface area contributed by atoms with Crippen molar-refractivity contribution in [2.45, 2.75) is 24.3 Å². The molecule has 0 saturated carbocycles. The summed E-state index contributed by atoms with van der Waals surface area (Å²) in [5, 5.41) is 6.93. The van der Waals surface area contributed by atoms with Gasteiger partial charge in [0.25, 0.3) is 0 Å². The quantitative estimate of drug-likeness (QED) is 0.391. The molecule has 1 saturated heterocycles. The first-order valence-corrected chi connectivity index (χ1v) is 11.0. The predicted octanol–water partition coefficient (Wildman–Crippen LogP) is 5.98. The minimum Gasteiger partial charge on any atom is -0.341 e. The highest BCUT2D eigenvalue weighted by Crippen LogP contribution is 2.50. The molecular weight excluding hydrogens is 374 g/mol. The topological polar surface area (TPSA) is 28.5 Å². The molecule has 3 atom stereocenters. The van der Waals surface area contributed by atoms with Crippen LogP contribution in [0.4, 0.5) is 0 Å². The van der Waals surface area contributed by atoms with Crippen LogP contribution in [0.2, 0.25) is 0 Å². The third kappa shape index (κ3) is 2.66. The van der Waals surface area contributed by atoms with E-state index in [0.717, 1.165) is 17.4 Å². The molecule has 0 aliphatic carbocycles. The van der Waals surface area contributed by atoms with Crippen LogP contribution in [0.3, 0.4) is 0 Å². The van der Waals surface area contributed by atoms with Gasteiger partial charge >= 0.3 is 0 Å². The van der Waals surface area contributed by atoms with Crippen LogP contribution in [-0.4, -0.2) is 26.8 Å². The number of pyridine rings is 1. The Bertz CT molecular complexity index is 1200. The number of benzene rings is 3. The second-order valence-corrected chi connectivity index (χ2v) is 9.27. The van der Waals surface area contributed by atoms with Crippen molar-refractivity contribution in [1.29, 1.82) is 0 Å². The first kappa shape index (κ1) is 17.0. The third-order valence-corrected chi connectivity index (χ3v) is 7.09. The van der Waals surface area contributed by atoms with E-state index in [2.05, 4.69) is 78.6 Å². The summed E-state index contributed by atoms with van der Waals surface area (Å²) in [6, 6.07) is 26.2. The molecule has 0 spiro atoms. The second-order valence-electron chi connectivity index (χ2n) is 7.87. The van der Waals surface area contributed by atoms with Gasteiger partial charge in [0.15, 0.2) is 5.17 Å². The fourth-order valence-electron chi connectivity index (χ4n) is 4.80. The molecule has 0 bridgehead atoms. The van der Waals surface area contributed by atoms with Crippen molar-refractivity contribution in [3.8, 4) is 0 Å². The standard InChI is InChI=1S/C25H21N3S/c1-16-15-28-24(23(27-25(28)29-16)21-12-6-7-13-26-21)22-19-10-4-2-8-17(19)14-18-9-3-5-11-20(18)22/h2-14,16,23-24H,15H2,1H3/t16-,23+,24-/m1/s1. The van der Waals surface area contributed by atoms with Crippen LogP contribution in [-0.2, 0) is 0 Å². The van der Waals surface area contributed by atoms with E-state index in [1.807, 2.05) is 24.0 Å². The van der Waals surface area contributed by atoms with E-state index in [1.54, 1.807) is 0 Å². The van der Waals surface area contributed by atoms with E-state index in [0.29, 0.717) is 5.25 Å². The van der Waals surface area contributed by atoms with Gasteiger partial charge in [-0.15, -0.1) is 0 Å². The molecule has 2 aliphatic rings. The molecule has 0 N–H and O–H groups in total. The number of aromatic nitrogens is 1. The van der Waals surface area contributed by atoms with Crippen molar-refractivity contribution in [1.82, 2.24) is 9.88 Å². The largest absolute Gasteiger partial charge is 0.341 e. The van der Waals surface area contributed by atoms with E-state index < -0.39 is 0 Å². The van der Waals surface area contributed by atoms with E-state index in [1.165, 1.54) is 27.1 Å². The highest BCUT2D eigenvalue weighted by molar-refractivity contribution is 8.14. The third-order valence-electron chi connectivity index (χ3n) is 5.99. The van der Waals surface area contributed by atoms with Gasteiger partial charge in [0.05, 0.1) is 11.7 Å². The van der Waals surface area contributed by atoms with E-state index in [-0.39, 0.29) is 12.1 Å². The summed E-state index contributed by atoms with van der Waals surface area (Å²) in [6.45, 7) is 3.31. The van der Waals surface area contributed by atoms with Gasteiger partial charge in [-0.2, -0.15) is 0 Å². The molecule has 0 unspecified atom stereocenters. The fraction of sp³-hybridized carbons (Fsp3) is 0.200. The number of rotatable bonds is 2. The molecule has 0 amide bonds. The number of aliphatic imine (C=N–C) groups is 1. The van der Waals surface area contributed by atoms with Crippen LogP contribution in [0.15, 0.2) is 84.0 Å². The van der Waals surface area contributed by atoms with Crippen molar-refractivity contribution < 1.29 is 0 Å². The Morgan fingerprint density at radius 1 is 0.897 bits per heavy atom. The van der Waals surface area contributed by atoms with Crippen LogP contribution in [0.5, 0.6) is 0 Å². The maximum atomic E-state index is 5.19. The van der Waals surface area contributed by atoms with Gasteiger partial charge in [0, 0.05) is 18.0 Å². The summed E-state index contributed by atoms with van der Waals surface area (Å²) in [5.41, 5.74) is 2.42. The average molecular weight is 396 g/mol. The van der Waals surface area contributed by atoms with Crippen molar-refractivity contribution in [3.05, 3.63) is 90.3 Å². The maximum Gasteiger partial charge on any atom is 0.160 e. The van der Waals surface area contributed by atoms with Gasteiger partial charge < -0.3 is 4.90 Å². The summed E-state index contributed by atoms with van der Waals surface area (Å²) < 4.78 is 0. The van der Waals surface area contributed by atoms with E-state index in [9.17, 15) is 0 Å². The van der Waals surface area contributed by atoms with Crippen LogP contribution >= 0.6 is 11.8 Å². The average Bonchev–Trinajstić information content (AvgIpc) is 3.29. The highest BCUT2D eigenvalue weighted by Gasteiger charge is 2.44. The van der Waals surface area contributed by atoms with Crippen LogP contribution in [0.1, 0.15) is 30.3 Å². The lowest BCUT2D eigenvalue weighted by molar-refractivity contribution is 0.325. The van der Waals surface area contributed by atoms with Crippen molar-refractivity contribution in [3.63, 3.8) is 0 Å². The molecule has 2 aliphatic heterocycles. The number of hydrogen-bond donors (Lipinski definition) is 0. The van der Waals surface area contributed by atoms with Gasteiger partial charge in [-0.1, -0.05) is 73.3 Å². The lowest BCUT2D eigenvalue weighted by Crippen LogP contribution is -2.29. The lowest BCUT2D eigenvalue weighted by Gasteiger charge is -2.29. The van der Waals surface area contributed by atoms with Crippen LogP contribution in [0.25, 0.3) is 21.5 Å². The Kier molecular flexibility index (Phi) is 3.88. The molecule has 1 fully saturated rings. The van der Waals surface area contributed by atoms with Gasteiger partial charge in [-0.3, -0.25) is 9.98 Å². The number of thioether (sulfide) groups is 1. The number of hydrogen-bond acceptors (Lipinski definition) is 4. The minimum absolute atomic E-state index is 0.0143. The SMILES string of the molecule is C[C@@H]1CN2C(=N[C@@H](c3ccccn3)[C@H]2c2c3ccccc3cc3ccccc23)S1. The molecule has 3 heterocycles. The molecule has 3 aromatic carbocycles. The molecule has 29 heavy (non-hydrogen) atoms. The fourth-order valence-corrected chi connectivity index (χ4v) is 5.89. The number of nitrogens with zero attached hydrogens (tertiary/aromatic N) is 3. The first-order valence-electron chi connectivity index (χ1n) is 10.1. The summed E-state index contributed by atoms with van der Waals surface area (Å²) in [5.74, 6) is 0. The Balaban J connectivity index is 1.65. The molecule has 1 aromatic heterocycles. The van der Waals surface area contributed by atoms with Crippen molar-refractivity contribution >= 4 is 38.5 Å². The second kappa shape index (κ2) is 6.60. The predicted molar refractivity (Wildman–Crippen MR) is 122 cm³/mol. The Morgan fingerprint density at radius 3 is 2.28 bits per heavy atom. The Hall–Kier alpha value is -2.85. The van der Waals surface area contributed by atoms with Gasteiger partial charge in [-0.25, -0.2) is 0 Å². The monoisotopic (exact) mass is 395 g/mol. The van der Waals surface area contributed by atoms with E-state index in [4.69, 9.17) is 9.98 Å². The molecular formula is C25H21N3S. The maximum absolute atomic E-state index is 5.19. The van der Waals surface area contributed by atoms with Crippen LogP contribution < -0.4 is 0 Å². The zero-order chi connectivity index (χ0) is 19.4. The van der Waals surface area contributed by atoms with Gasteiger partial charge in [-0.05, 0) is 45.3 Å². The summed E-state index contributed by atoms with van der Waals surface area (Å²) in [6.07, 6.45) is 1.88. The Morgan fingerprint density at radius 2 is 1.59 bits per heavy atom. The summed E-state index contributed by atoms with van der Waals surface area (Å²) in [7, 11) is 0. The lowest BCUT2D eigenvalue weighted by atomic mass is 9.87. The molecule has 4 heteroatoms. The van der Waals surface area contributed by atoms with Crippen LogP contribution in [0, 0.1) is 0 Å². The summed E-state index contributed by atoms with van der Waals surface area (Å²) in [4.78, 5) is 12.4. The molecule has 142 valence electrons. The Labute approximate surface area is 174 Å². The molecule has 0 radical (unpaired) electrons. The molecule has 6 rings (SSSR count). The molecule has 4 aromatic rings. The van der Waals surface area contributed by atoms with Gasteiger partial charge in [0.2, 0.25) is 0 Å². The molecule has 3 nitrogen and oxygen atoms in total. The first-order chi connectivity index (χ1) is 14.3. The normalized spacial score (nSPS) is 23.6. The summed E-state index contributed by atoms with van der Waals surface area (Å²) >= 11 is 1.89. The number of amidine groups is 1. The van der Waals surface area contributed by atoms with Crippen molar-refractivity contribution in [2.75, 3.05) is 6.54 Å². The number of fused-ring (bicyclic) bond motifs is 3. The zero-order valence-corrected chi connectivity index (χ0v) is 17.0. The van der Waals surface area contributed by atoms with E-state index >= 15 is 0 Å². The zero-order valence-electron chi connectivity index (χ0n) is 16.2.